The highest BCUT2D eigenvalue weighted by atomic mass is 16.5. The highest BCUT2D eigenvalue weighted by Gasteiger charge is 2.21. The lowest BCUT2D eigenvalue weighted by atomic mass is 9.90. The normalized spacial score (nSPS) is 11.3. The second-order valence-electron chi connectivity index (χ2n) is 11.6. The topological polar surface area (TPSA) is 180 Å². The number of aliphatic hydroxyl groups excluding tert-OH is 1. The van der Waals surface area contributed by atoms with Crippen LogP contribution in [0.15, 0.2) is 89.6 Å². The van der Waals surface area contributed by atoms with E-state index >= 15 is 0 Å². The van der Waals surface area contributed by atoms with Crippen LogP contribution >= 0.6 is 0 Å². The second-order valence-corrected chi connectivity index (χ2v) is 11.6. The lowest BCUT2D eigenvalue weighted by Crippen LogP contribution is -2.23. The van der Waals surface area contributed by atoms with Crippen LogP contribution < -0.4 is 36.4 Å². The number of amides is 1. The van der Waals surface area contributed by atoms with Crippen LogP contribution in [0.1, 0.15) is 27.0 Å². The van der Waals surface area contributed by atoms with Gasteiger partial charge in [0.25, 0.3) is 5.91 Å². The Morgan fingerprint density at radius 1 is 0.958 bits per heavy atom. The maximum atomic E-state index is 13.3. The van der Waals surface area contributed by atoms with Crippen molar-refractivity contribution in [1.82, 2.24) is 29.8 Å². The van der Waals surface area contributed by atoms with Crippen LogP contribution in [0.4, 0.5) is 11.6 Å². The van der Waals surface area contributed by atoms with E-state index in [1.165, 1.54) is 6.33 Å². The van der Waals surface area contributed by atoms with Crippen LogP contribution in [0.25, 0.3) is 44.6 Å². The van der Waals surface area contributed by atoms with Crippen molar-refractivity contribution < 1.29 is 19.1 Å². The van der Waals surface area contributed by atoms with Crippen LogP contribution in [0.5, 0.6) is 5.88 Å². The molecule has 6 N–H and O–H groups in total. The van der Waals surface area contributed by atoms with Crippen molar-refractivity contribution in [2.24, 2.45) is 0 Å². The van der Waals surface area contributed by atoms with Gasteiger partial charge in [-0.15, -0.1) is 0 Å². The summed E-state index contributed by atoms with van der Waals surface area (Å²) in [6.07, 6.45) is 1.38. The number of anilines is 2. The molecule has 1 aliphatic heterocycles. The smallest absolute Gasteiger partial charge is 0.251 e. The number of hydrogen-bond donors (Lipinski definition) is 4. The number of rotatable bonds is 8. The highest BCUT2D eigenvalue weighted by Crippen LogP contribution is 2.41. The van der Waals surface area contributed by atoms with E-state index in [1.807, 2.05) is 79.3 Å². The average molecular weight is 641 g/mol. The molecule has 240 valence electrons. The number of hydrogen-bond acceptors (Lipinski definition) is 9. The minimum absolute atomic E-state index is 0.0622. The number of carbonyl (C=O) groups is 1. The molecule has 1 amide bonds. The summed E-state index contributed by atoms with van der Waals surface area (Å²) in [5.74, 6) is 0.759. The van der Waals surface area contributed by atoms with Crippen molar-refractivity contribution in [1.29, 1.82) is 0 Å². The van der Waals surface area contributed by atoms with E-state index in [-0.39, 0.29) is 30.9 Å². The standard InChI is InChI=1S/C36H32N8O4/c1-44(2)25-9-12-28-30(15-25)48-29-14-24(37)8-11-27(29)31(28)26-10-7-22(13-23(26)17-45)34(46)39-16-20-3-5-21(6-4-20)18-47-35-32-33(41-19-40-32)42-36(38)43-35/h3-15,19,45H,16-18H2,1-2H3,(H5,37,38,39,40,41,42,43,46). The monoisotopic (exact) mass is 640 g/mol. The third-order valence-electron chi connectivity index (χ3n) is 8.12. The van der Waals surface area contributed by atoms with Gasteiger partial charge >= 0.3 is 0 Å². The number of fused-ring (bicyclic) bond motifs is 3. The number of nitrogen functional groups attached to an aromatic ring is 2. The number of aromatic nitrogens is 4. The molecule has 12 nitrogen and oxygen atoms in total. The highest BCUT2D eigenvalue weighted by molar-refractivity contribution is 6.04. The molecule has 0 spiro atoms. The minimum Gasteiger partial charge on any atom is -0.472 e. The zero-order valence-electron chi connectivity index (χ0n) is 26.3. The summed E-state index contributed by atoms with van der Waals surface area (Å²) in [6.45, 7) is 0.296. The molecule has 2 aliphatic rings. The number of imidazole rings is 1. The van der Waals surface area contributed by atoms with Gasteiger partial charge in [0, 0.05) is 52.1 Å². The van der Waals surface area contributed by atoms with Gasteiger partial charge in [-0.05, 0) is 58.9 Å². The van der Waals surface area contributed by atoms with Crippen LogP contribution in [-0.2, 0) is 19.8 Å². The first-order valence-electron chi connectivity index (χ1n) is 15.2. The molecule has 0 saturated heterocycles. The first kappa shape index (κ1) is 30.4. The van der Waals surface area contributed by atoms with Gasteiger partial charge in [-0.2, -0.15) is 4.98 Å². The molecule has 0 radical (unpaired) electrons. The summed E-state index contributed by atoms with van der Waals surface area (Å²) < 4.78 is 14.1. The Labute approximate surface area is 274 Å². The molecule has 0 saturated carbocycles. The first-order valence-corrected chi connectivity index (χ1v) is 15.2. The summed E-state index contributed by atoms with van der Waals surface area (Å²) in [5, 5.41) is 15.3. The molecule has 12 heteroatoms. The van der Waals surface area contributed by atoms with Gasteiger partial charge in [-0.3, -0.25) is 4.79 Å². The van der Waals surface area contributed by atoms with E-state index in [0.29, 0.717) is 45.9 Å². The Morgan fingerprint density at radius 3 is 2.54 bits per heavy atom. The van der Waals surface area contributed by atoms with Crippen LogP contribution in [0, 0.1) is 0 Å². The average Bonchev–Trinajstić information content (AvgIpc) is 3.57. The van der Waals surface area contributed by atoms with Gasteiger partial charge in [0.2, 0.25) is 11.2 Å². The molecular formula is C36H32N8O4. The fourth-order valence-corrected chi connectivity index (χ4v) is 5.65. The Hall–Kier alpha value is -6.27. The zero-order valence-corrected chi connectivity index (χ0v) is 26.3. The fraction of sp³-hybridized carbons (Fsp3) is 0.139. The van der Waals surface area contributed by atoms with Crippen molar-refractivity contribution in [3.8, 4) is 28.3 Å². The van der Waals surface area contributed by atoms with E-state index in [1.54, 1.807) is 18.2 Å². The molecule has 0 bridgehead atoms. The largest absolute Gasteiger partial charge is 0.472 e. The molecule has 7 rings (SSSR count). The maximum absolute atomic E-state index is 13.3. The van der Waals surface area contributed by atoms with Crippen molar-refractivity contribution >= 4 is 39.7 Å². The Morgan fingerprint density at radius 2 is 1.75 bits per heavy atom. The number of ether oxygens (including phenoxy) is 1. The number of nitrogens with zero attached hydrogens (tertiary/aromatic N) is 5. The third-order valence-corrected chi connectivity index (χ3v) is 8.12. The van der Waals surface area contributed by atoms with Gasteiger partial charge < -0.3 is 46.0 Å². The number of aliphatic hydroxyl groups is 1. The van der Waals surface area contributed by atoms with Gasteiger partial charge in [0.1, 0.15) is 32.0 Å². The molecule has 3 aromatic carbocycles. The van der Waals surface area contributed by atoms with E-state index in [4.69, 9.17) is 20.6 Å². The van der Waals surface area contributed by atoms with Crippen molar-refractivity contribution in [3.05, 3.63) is 113 Å². The molecule has 1 aliphatic carbocycles. The van der Waals surface area contributed by atoms with Crippen molar-refractivity contribution in [3.63, 3.8) is 0 Å². The molecule has 3 heterocycles. The summed E-state index contributed by atoms with van der Waals surface area (Å²) in [4.78, 5) is 29.6. The summed E-state index contributed by atoms with van der Waals surface area (Å²) >= 11 is 0. The van der Waals surface area contributed by atoms with Crippen LogP contribution in [-0.4, -0.2) is 40.1 Å². The molecule has 0 unspecified atom stereocenters. The Kier molecular flexibility index (Phi) is 7.91. The number of carbonyl (C=O) groups excluding carboxylic acids is 1. The lowest BCUT2D eigenvalue weighted by Gasteiger charge is -2.18. The zero-order chi connectivity index (χ0) is 33.4. The Bertz CT molecular complexity index is 2360. The SMILES string of the molecule is C[N+](C)=c1ccc2c(-c3ccc(C(=O)NCc4ccc(COc5nc(N)nc6[n-]cnc56)cc4)cc3CO)c3ccc(N)cc3oc-2c1. The van der Waals surface area contributed by atoms with E-state index in [2.05, 4.69) is 25.3 Å². The summed E-state index contributed by atoms with van der Waals surface area (Å²) in [6, 6.07) is 24.6. The Balaban J connectivity index is 1.10. The van der Waals surface area contributed by atoms with Gasteiger partial charge in [-0.1, -0.05) is 30.3 Å². The van der Waals surface area contributed by atoms with E-state index in [9.17, 15) is 9.90 Å². The van der Waals surface area contributed by atoms with E-state index < -0.39 is 0 Å². The van der Waals surface area contributed by atoms with Crippen LogP contribution in [0.3, 0.4) is 0 Å². The van der Waals surface area contributed by atoms with Crippen LogP contribution in [0.2, 0.25) is 0 Å². The molecule has 2 aromatic heterocycles. The fourth-order valence-electron chi connectivity index (χ4n) is 5.65. The van der Waals surface area contributed by atoms with Gasteiger partial charge in [0.15, 0.2) is 5.95 Å². The minimum atomic E-state index is -0.259. The number of benzene rings is 4. The predicted octanol–water partition coefficient (Wildman–Crippen LogP) is 3.70. The summed E-state index contributed by atoms with van der Waals surface area (Å²) in [7, 11) is 3.94. The van der Waals surface area contributed by atoms with Crippen molar-refractivity contribution in [2.75, 3.05) is 25.6 Å². The molecule has 5 aromatic rings. The maximum Gasteiger partial charge on any atom is 0.251 e. The van der Waals surface area contributed by atoms with Gasteiger partial charge in [0.05, 0.1) is 18.2 Å². The first-order chi connectivity index (χ1) is 23.3. The number of nitrogens with two attached hydrogens (primary N) is 2. The number of nitrogens with one attached hydrogen (secondary N) is 1. The quantitative estimate of drug-likeness (QED) is 0.109. The second kappa shape index (κ2) is 12.5. The van der Waals surface area contributed by atoms with E-state index in [0.717, 1.165) is 38.6 Å². The predicted molar refractivity (Wildman–Crippen MR) is 183 cm³/mol. The molecule has 0 atom stereocenters. The molecule has 0 fully saturated rings. The third kappa shape index (κ3) is 5.87. The summed E-state index contributed by atoms with van der Waals surface area (Å²) in [5.41, 5.74) is 19.3. The van der Waals surface area contributed by atoms with Crippen molar-refractivity contribution in [2.45, 2.75) is 19.8 Å². The molecule has 48 heavy (non-hydrogen) atoms. The lowest BCUT2D eigenvalue weighted by molar-refractivity contribution is 0.0950. The van der Waals surface area contributed by atoms with Gasteiger partial charge in [-0.25, -0.2) is 4.58 Å². The molecular weight excluding hydrogens is 608 g/mol.